The standard InChI is InChI=1S/C26H32N6O5S2/c1-17(15-33)28-24(34)29-20-6-4-19(5-7-20)23-30-21(14-22(31-23)32-11-12-37-16-18(32)2)26(8-3-9-26)39(35,36)25-27-10-13-38-25/h4-7,10,13-14,17-18,33H,3,8-9,11-12,15-16H2,1-2H3,(H2,28,29,34)/t17-,18-/m0/s1. The number of rotatable bonds is 8. The average Bonchev–Trinajstić information content (AvgIpc) is 3.44. The monoisotopic (exact) mass is 572 g/mol. The van der Waals surface area contributed by atoms with Gasteiger partial charge in [-0.1, -0.05) is 0 Å². The number of amides is 2. The molecule has 0 spiro atoms. The van der Waals surface area contributed by atoms with Crippen molar-refractivity contribution in [3.63, 3.8) is 0 Å². The number of aliphatic hydroxyl groups is 1. The normalized spacial score (nSPS) is 19.7. The van der Waals surface area contributed by atoms with E-state index >= 15 is 0 Å². The van der Waals surface area contributed by atoms with Crippen LogP contribution >= 0.6 is 11.3 Å². The molecule has 2 aromatic heterocycles. The van der Waals surface area contributed by atoms with E-state index in [4.69, 9.17) is 19.8 Å². The lowest BCUT2D eigenvalue weighted by atomic mass is 9.81. The topological polar surface area (TPSA) is 147 Å². The molecule has 11 nitrogen and oxygen atoms in total. The number of carbonyl (C=O) groups is 1. The van der Waals surface area contributed by atoms with E-state index in [1.807, 2.05) is 6.07 Å². The Morgan fingerprint density at radius 3 is 2.67 bits per heavy atom. The summed E-state index contributed by atoms with van der Waals surface area (Å²) in [6.45, 7) is 5.32. The number of thiazole rings is 1. The van der Waals surface area contributed by atoms with Crippen molar-refractivity contribution >= 4 is 38.7 Å². The van der Waals surface area contributed by atoms with E-state index in [-0.39, 0.29) is 23.0 Å². The van der Waals surface area contributed by atoms with E-state index in [1.54, 1.807) is 36.6 Å². The van der Waals surface area contributed by atoms with Gasteiger partial charge in [-0.3, -0.25) is 0 Å². The molecule has 3 N–H and O–H groups in total. The maximum absolute atomic E-state index is 13.8. The summed E-state index contributed by atoms with van der Waals surface area (Å²) in [7, 11) is -3.76. The van der Waals surface area contributed by atoms with Crippen molar-refractivity contribution < 1.29 is 23.1 Å². The van der Waals surface area contributed by atoms with Crippen LogP contribution in [0, 0.1) is 0 Å². The molecule has 39 heavy (non-hydrogen) atoms. The van der Waals surface area contributed by atoms with Crippen molar-refractivity contribution in [2.75, 3.05) is 36.6 Å². The van der Waals surface area contributed by atoms with Gasteiger partial charge in [-0.05, 0) is 57.4 Å². The molecule has 13 heteroatoms. The van der Waals surface area contributed by atoms with Crippen LogP contribution in [0.3, 0.4) is 0 Å². The lowest BCUT2D eigenvalue weighted by molar-refractivity contribution is 0.0985. The first-order chi connectivity index (χ1) is 18.7. The maximum atomic E-state index is 13.8. The first-order valence-electron chi connectivity index (χ1n) is 12.9. The zero-order valence-electron chi connectivity index (χ0n) is 21.8. The van der Waals surface area contributed by atoms with Gasteiger partial charge in [0, 0.05) is 35.4 Å². The third kappa shape index (κ3) is 5.36. The Kier molecular flexibility index (Phi) is 7.85. The molecule has 1 aromatic carbocycles. The van der Waals surface area contributed by atoms with Gasteiger partial charge in [0.1, 0.15) is 10.6 Å². The quantitative estimate of drug-likeness (QED) is 0.370. The Labute approximate surface area is 231 Å². The average molecular weight is 573 g/mol. The van der Waals surface area contributed by atoms with E-state index in [0.717, 1.165) is 17.8 Å². The summed E-state index contributed by atoms with van der Waals surface area (Å²) in [5.74, 6) is 1.07. The van der Waals surface area contributed by atoms with E-state index in [1.165, 1.54) is 6.20 Å². The smallest absolute Gasteiger partial charge is 0.319 e. The zero-order chi connectivity index (χ0) is 27.6. The Balaban J connectivity index is 1.53. The van der Waals surface area contributed by atoms with Crippen LogP contribution in [-0.4, -0.2) is 73.0 Å². The molecule has 0 bridgehead atoms. The Hall–Kier alpha value is -3.13. The molecular formula is C26H32N6O5S2. The summed E-state index contributed by atoms with van der Waals surface area (Å²) in [5, 5.41) is 16.2. The third-order valence-electron chi connectivity index (χ3n) is 7.21. The Bertz CT molecular complexity index is 1410. The number of hydrogen-bond acceptors (Lipinski definition) is 10. The molecule has 3 aromatic rings. The number of nitrogens with one attached hydrogen (secondary N) is 2. The molecule has 2 aliphatic rings. The molecule has 1 aliphatic heterocycles. The molecule has 208 valence electrons. The second kappa shape index (κ2) is 11.2. The highest BCUT2D eigenvalue weighted by molar-refractivity contribution is 7.94. The van der Waals surface area contributed by atoms with Gasteiger partial charge in [0.15, 0.2) is 5.82 Å². The molecule has 1 saturated heterocycles. The SMILES string of the molecule is C[C@@H](CO)NC(=O)Nc1ccc(-c2nc(N3CCOC[C@@H]3C)cc(C3(S(=O)(=O)c4nccs4)CCC3)n2)cc1. The molecule has 2 atom stereocenters. The minimum Gasteiger partial charge on any atom is -0.394 e. The van der Waals surface area contributed by atoms with Crippen molar-refractivity contribution in [1.29, 1.82) is 0 Å². The number of hydrogen-bond donors (Lipinski definition) is 3. The lowest BCUT2D eigenvalue weighted by Crippen LogP contribution is -2.46. The van der Waals surface area contributed by atoms with Crippen LogP contribution in [0.25, 0.3) is 11.4 Å². The number of sulfone groups is 1. The number of benzene rings is 1. The summed E-state index contributed by atoms with van der Waals surface area (Å²) in [6.07, 6.45) is 3.22. The fourth-order valence-electron chi connectivity index (χ4n) is 4.82. The van der Waals surface area contributed by atoms with E-state index in [0.29, 0.717) is 61.2 Å². The molecule has 5 rings (SSSR count). The highest BCUT2D eigenvalue weighted by Crippen LogP contribution is 2.51. The van der Waals surface area contributed by atoms with Gasteiger partial charge >= 0.3 is 6.03 Å². The number of anilines is 2. The molecule has 0 radical (unpaired) electrons. The van der Waals surface area contributed by atoms with Crippen LogP contribution in [0.15, 0.2) is 46.2 Å². The fourth-order valence-corrected chi connectivity index (χ4v) is 8.07. The van der Waals surface area contributed by atoms with Crippen molar-refractivity contribution in [3.05, 3.63) is 47.6 Å². The minimum atomic E-state index is -3.76. The molecule has 2 amide bonds. The maximum Gasteiger partial charge on any atom is 0.319 e. The van der Waals surface area contributed by atoms with Crippen LogP contribution in [0.1, 0.15) is 38.8 Å². The molecule has 2 fully saturated rings. The predicted molar refractivity (Wildman–Crippen MR) is 149 cm³/mol. The van der Waals surface area contributed by atoms with E-state index < -0.39 is 20.6 Å². The summed E-state index contributed by atoms with van der Waals surface area (Å²) in [6, 6.07) is 8.13. The summed E-state index contributed by atoms with van der Waals surface area (Å²) >= 11 is 1.12. The Morgan fingerprint density at radius 1 is 1.28 bits per heavy atom. The van der Waals surface area contributed by atoms with Crippen LogP contribution < -0.4 is 15.5 Å². The highest BCUT2D eigenvalue weighted by atomic mass is 32.2. The van der Waals surface area contributed by atoms with E-state index in [2.05, 4.69) is 27.4 Å². The van der Waals surface area contributed by atoms with Crippen LogP contribution in [-0.2, 0) is 19.3 Å². The van der Waals surface area contributed by atoms with Gasteiger partial charge in [-0.15, -0.1) is 11.3 Å². The molecule has 0 unspecified atom stereocenters. The number of morpholine rings is 1. The summed E-state index contributed by atoms with van der Waals surface area (Å²) in [5.41, 5.74) is 1.72. The minimum absolute atomic E-state index is 0.0636. The molecule has 1 saturated carbocycles. The molecule has 1 aliphatic carbocycles. The van der Waals surface area contributed by atoms with Crippen LogP contribution in [0.4, 0.5) is 16.3 Å². The predicted octanol–water partition coefficient (Wildman–Crippen LogP) is 3.18. The largest absolute Gasteiger partial charge is 0.394 e. The van der Waals surface area contributed by atoms with Crippen LogP contribution in [0.2, 0.25) is 0 Å². The van der Waals surface area contributed by atoms with Gasteiger partial charge in [0.2, 0.25) is 14.2 Å². The van der Waals surface area contributed by atoms with Gasteiger partial charge in [0.05, 0.1) is 37.6 Å². The Morgan fingerprint density at radius 2 is 2.05 bits per heavy atom. The molecular weight excluding hydrogens is 540 g/mol. The lowest BCUT2D eigenvalue weighted by Gasteiger charge is -2.40. The van der Waals surface area contributed by atoms with Crippen LogP contribution in [0.5, 0.6) is 0 Å². The van der Waals surface area contributed by atoms with Gasteiger partial charge < -0.3 is 25.4 Å². The number of aromatic nitrogens is 3. The van der Waals surface area contributed by atoms with E-state index in [9.17, 15) is 13.2 Å². The summed E-state index contributed by atoms with van der Waals surface area (Å²) < 4.78 is 32.2. The van der Waals surface area contributed by atoms with Crippen molar-refractivity contribution in [1.82, 2.24) is 20.3 Å². The third-order valence-corrected chi connectivity index (χ3v) is 10.9. The van der Waals surface area contributed by atoms with Gasteiger partial charge in [0.25, 0.3) is 0 Å². The first kappa shape index (κ1) is 27.4. The van der Waals surface area contributed by atoms with Crippen molar-refractivity contribution in [2.45, 2.75) is 54.3 Å². The van der Waals surface area contributed by atoms with Gasteiger partial charge in [-0.2, -0.15) is 0 Å². The number of ether oxygens (including phenoxy) is 1. The summed E-state index contributed by atoms with van der Waals surface area (Å²) in [4.78, 5) is 28.1. The fraction of sp³-hybridized carbons (Fsp3) is 0.462. The first-order valence-corrected chi connectivity index (χ1v) is 15.3. The highest BCUT2D eigenvalue weighted by Gasteiger charge is 2.53. The second-order valence-corrected chi connectivity index (χ2v) is 13.3. The number of urea groups is 1. The van der Waals surface area contributed by atoms with Crippen molar-refractivity contribution in [2.24, 2.45) is 0 Å². The van der Waals surface area contributed by atoms with Gasteiger partial charge in [-0.25, -0.2) is 28.2 Å². The number of nitrogens with zero attached hydrogens (tertiary/aromatic N) is 4. The van der Waals surface area contributed by atoms with Crippen molar-refractivity contribution in [3.8, 4) is 11.4 Å². The number of carbonyl (C=O) groups excluding carboxylic acids is 1. The molecule has 3 heterocycles. The zero-order valence-corrected chi connectivity index (χ0v) is 23.5. The number of aliphatic hydroxyl groups excluding tert-OH is 1. The second-order valence-electron chi connectivity index (χ2n) is 9.96.